The van der Waals surface area contributed by atoms with E-state index in [0.29, 0.717) is 35.4 Å². The van der Waals surface area contributed by atoms with Gasteiger partial charge in [0, 0.05) is 12.0 Å². The molecule has 1 aromatic rings. The first kappa shape index (κ1) is 37.8. The molecule has 1 atom stereocenters. The molecule has 2 saturated heterocycles. The maximum absolute atomic E-state index is 13.3. The van der Waals surface area contributed by atoms with Crippen LogP contribution in [0.1, 0.15) is 58.3 Å². The highest BCUT2D eigenvalue weighted by atomic mass is 35.5. The Balaban J connectivity index is 0.00000337. The monoisotopic (exact) mass is 681 g/mol. The van der Waals surface area contributed by atoms with E-state index >= 15 is 0 Å². The third kappa shape index (κ3) is 10.6. The second kappa shape index (κ2) is 18.0. The number of fused-ring (bicyclic) bond motifs is 1. The van der Waals surface area contributed by atoms with Crippen LogP contribution in [0, 0.1) is 17.8 Å². The van der Waals surface area contributed by atoms with Crippen LogP contribution in [0.4, 0.5) is 0 Å². The van der Waals surface area contributed by atoms with Gasteiger partial charge in [-0.1, -0.05) is 0 Å². The Bertz CT molecular complexity index is 1190. The number of aliphatic carboxylic acids is 1. The van der Waals surface area contributed by atoms with Crippen molar-refractivity contribution in [3.05, 3.63) is 18.2 Å². The Hall–Kier alpha value is -2.36. The van der Waals surface area contributed by atoms with Crippen LogP contribution in [0.25, 0.3) is 0 Å². The van der Waals surface area contributed by atoms with Gasteiger partial charge in [-0.15, -0.1) is 29.6 Å². The van der Waals surface area contributed by atoms with E-state index < -0.39 is 34.5 Å². The van der Waals surface area contributed by atoms with Gasteiger partial charge in [0.1, 0.15) is 6.04 Å². The number of rotatable bonds is 14. The summed E-state index contributed by atoms with van der Waals surface area (Å²) in [5, 5.41) is 19.5. The van der Waals surface area contributed by atoms with E-state index in [4.69, 9.17) is 9.47 Å². The number of benzene rings is 1. The largest absolute Gasteiger partial charge is 0.480 e. The second-order valence-electron chi connectivity index (χ2n) is 11.3. The van der Waals surface area contributed by atoms with E-state index in [0.717, 1.165) is 64.7 Å². The lowest BCUT2D eigenvalue weighted by atomic mass is 9.84. The van der Waals surface area contributed by atoms with E-state index in [2.05, 4.69) is 20.8 Å². The first-order chi connectivity index (χ1) is 20.1. The zero-order chi connectivity index (χ0) is 30.1. The van der Waals surface area contributed by atoms with E-state index in [9.17, 15) is 27.9 Å². The van der Waals surface area contributed by atoms with Crippen molar-refractivity contribution in [1.29, 1.82) is 0 Å². The molecule has 250 valence electrons. The zero-order valence-electron chi connectivity index (χ0n) is 24.9. The number of hydrazine groups is 1. The van der Waals surface area contributed by atoms with Crippen molar-refractivity contribution < 1.29 is 37.4 Å². The predicted octanol–water partition coefficient (Wildman–Crippen LogP) is 2.05. The molecule has 2 amide bonds. The lowest BCUT2D eigenvalue weighted by Gasteiger charge is -2.28. The molecule has 0 aliphatic carbocycles. The molecule has 16 heteroatoms. The molecule has 3 heterocycles. The fourth-order valence-corrected chi connectivity index (χ4v) is 6.83. The number of hydrogen-bond acceptors (Lipinski definition) is 9. The number of sulfonamides is 1. The molecule has 3 aliphatic heterocycles. The molecular weight excluding hydrogens is 637 g/mol. The van der Waals surface area contributed by atoms with Gasteiger partial charge < -0.3 is 30.5 Å². The smallest absolute Gasteiger partial charge is 0.327 e. The normalized spacial score (nSPS) is 17.7. The van der Waals surface area contributed by atoms with Gasteiger partial charge in [0.15, 0.2) is 11.5 Å². The third-order valence-corrected chi connectivity index (χ3v) is 9.75. The lowest BCUT2D eigenvalue weighted by molar-refractivity contribution is -0.150. The Morgan fingerprint density at radius 3 is 2.05 bits per heavy atom. The molecule has 3 aliphatic rings. The van der Waals surface area contributed by atoms with Crippen molar-refractivity contribution in [3.63, 3.8) is 0 Å². The molecule has 13 nitrogen and oxygen atoms in total. The van der Waals surface area contributed by atoms with Gasteiger partial charge in [-0.25, -0.2) is 18.2 Å². The Morgan fingerprint density at radius 1 is 0.955 bits per heavy atom. The quantitative estimate of drug-likeness (QED) is 0.183. The van der Waals surface area contributed by atoms with Crippen molar-refractivity contribution in [3.8, 4) is 11.5 Å². The molecular formula is C28H45Cl2N5O8S. The van der Waals surface area contributed by atoms with Crippen molar-refractivity contribution in [2.75, 3.05) is 39.5 Å². The number of nitrogens with one attached hydrogen (secondary N) is 4. The summed E-state index contributed by atoms with van der Waals surface area (Å²) in [5.41, 5.74) is 0. The molecule has 5 N–H and O–H groups in total. The van der Waals surface area contributed by atoms with E-state index in [1.165, 1.54) is 25.1 Å². The SMILES string of the molecule is CC(C(=O)O)N(NS(=O)(=O)c1ccc2c(c1)OCO2)C(=O)CNC(=O)C(CCC1CCNCC1)CCC1CCNCC1.Cl.Cl. The van der Waals surface area contributed by atoms with Crippen LogP contribution in [-0.2, 0) is 24.4 Å². The summed E-state index contributed by atoms with van der Waals surface area (Å²) in [6.07, 6.45) is 7.58. The van der Waals surface area contributed by atoms with Crippen LogP contribution in [0.5, 0.6) is 11.5 Å². The average molecular weight is 683 g/mol. The highest BCUT2D eigenvalue weighted by Gasteiger charge is 2.32. The lowest BCUT2D eigenvalue weighted by Crippen LogP contribution is -2.56. The topological polar surface area (TPSA) is 175 Å². The highest BCUT2D eigenvalue weighted by Crippen LogP contribution is 2.34. The fourth-order valence-electron chi connectivity index (χ4n) is 5.70. The van der Waals surface area contributed by atoms with Crippen molar-refractivity contribution in [1.82, 2.24) is 25.8 Å². The van der Waals surface area contributed by atoms with Gasteiger partial charge in [-0.2, -0.15) is 0 Å². The number of amides is 2. The third-order valence-electron chi connectivity index (χ3n) is 8.44. The van der Waals surface area contributed by atoms with E-state index in [-0.39, 0.29) is 54.1 Å². The van der Waals surface area contributed by atoms with Crippen LogP contribution in [0.2, 0.25) is 0 Å². The number of hydrogen-bond donors (Lipinski definition) is 5. The summed E-state index contributed by atoms with van der Waals surface area (Å²) in [6, 6.07) is 2.38. The molecule has 0 bridgehead atoms. The van der Waals surface area contributed by atoms with Gasteiger partial charge in [0.2, 0.25) is 12.7 Å². The van der Waals surface area contributed by atoms with Gasteiger partial charge in [-0.3, -0.25) is 9.59 Å². The minimum absolute atomic E-state index is 0. The first-order valence-electron chi connectivity index (χ1n) is 14.8. The van der Waals surface area contributed by atoms with Crippen molar-refractivity contribution in [2.45, 2.75) is 69.2 Å². The Labute approximate surface area is 271 Å². The summed E-state index contributed by atoms with van der Waals surface area (Å²) >= 11 is 0. The number of halogens is 2. The standard InChI is InChI=1S/C28H43N5O8S.2ClH/c1-19(28(36)37)33(32-42(38,39)23-6-7-24-25(16-23)41-18-40-24)26(34)17-31-27(35)22(4-2-20-8-12-29-13-9-20)5-3-21-10-14-30-15-11-21;;/h6-7,16,19-22,29-30,32H,2-5,8-15,17-18H2,1H3,(H,31,35)(H,36,37);2*1H. The molecule has 0 radical (unpaired) electrons. The number of carboxylic acid groups (broad SMARTS) is 1. The van der Waals surface area contributed by atoms with Crippen LogP contribution < -0.4 is 30.3 Å². The number of carbonyl (C=O) groups is 3. The summed E-state index contributed by atoms with van der Waals surface area (Å²) in [4.78, 5) is 40.2. The molecule has 4 rings (SSSR count). The average Bonchev–Trinajstić information content (AvgIpc) is 3.47. The number of ether oxygens (including phenoxy) is 2. The minimum atomic E-state index is -4.37. The Kier molecular flexibility index (Phi) is 15.4. The second-order valence-corrected chi connectivity index (χ2v) is 13.0. The fraction of sp³-hybridized carbons (Fsp3) is 0.679. The Morgan fingerprint density at radius 2 is 1.50 bits per heavy atom. The summed E-state index contributed by atoms with van der Waals surface area (Å²) in [6.45, 7) is 4.50. The van der Waals surface area contributed by atoms with E-state index in [1.54, 1.807) is 0 Å². The number of carbonyl (C=O) groups excluding carboxylic acids is 2. The molecule has 2 fully saturated rings. The summed E-state index contributed by atoms with van der Waals surface area (Å²) in [7, 11) is -4.37. The molecule has 44 heavy (non-hydrogen) atoms. The van der Waals surface area contributed by atoms with Gasteiger partial charge in [0.25, 0.3) is 15.9 Å². The minimum Gasteiger partial charge on any atom is -0.480 e. The maximum Gasteiger partial charge on any atom is 0.327 e. The van der Waals surface area contributed by atoms with Crippen LogP contribution >= 0.6 is 24.8 Å². The summed E-state index contributed by atoms with van der Waals surface area (Å²) < 4.78 is 36.6. The van der Waals surface area contributed by atoms with Crippen molar-refractivity contribution >= 4 is 52.6 Å². The van der Waals surface area contributed by atoms with Crippen LogP contribution in [0.3, 0.4) is 0 Å². The number of carboxylic acids is 1. The highest BCUT2D eigenvalue weighted by molar-refractivity contribution is 7.89. The molecule has 0 aromatic heterocycles. The van der Waals surface area contributed by atoms with E-state index in [1.807, 2.05) is 0 Å². The molecule has 0 spiro atoms. The van der Waals surface area contributed by atoms with Gasteiger partial charge in [-0.05, 0) is 108 Å². The van der Waals surface area contributed by atoms with Crippen molar-refractivity contribution in [2.24, 2.45) is 17.8 Å². The zero-order valence-corrected chi connectivity index (χ0v) is 27.4. The van der Waals surface area contributed by atoms with Crippen LogP contribution in [-0.4, -0.2) is 81.9 Å². The molecule has 1 unspecified atom stereocenters. The number of piperidine rings is 2. The maximum atomic E-state index is 13.3. The predicted molar refractivity (Wildman–Crippen MR) is 167 cm³/mol. The summed E-state index contributed by atoms with van der Waals surface area (Å²) in [5.74, 6) is -1.15. The molecule has 1 aromatic carbocycles. The number of nitrogens with zero attached hydrogens (tertiary/aromatic N) is 1. The van der Waals surface area contributed by atoms with Gasteiger partial charge >= 0.3 is 5.97 Å². The van der Waals surface area contributed by atoms with Gasteiger partial charge in [0.05, 0.1) is 11.4 Å². The first-order valence-corrected chi connectivity index (χ1v) is 16.3. The van der Waals surface area contributed by atoms with Crippen LogP contribution in [0.15, 0.2) is 23.1 Å². The molecule has 0 saturated carbocycles.